The standard InChI is InChI=1S/C25H18ClN5O3S/c26-18-10-6-16(7-11-18)21-14-20(15-4-2-1-3-5-15)30-31(21)22-23(35-25(34)27-22)29-28-19-12-8-17(9-13-19)24(32)33/h1-13,21H,14H2,(H,27,34)(H,32,33). The number of carbonyl (C=O) groups is 1. The van der Waals surface area contributed by atoms with Gasteiger partial charge in [-0.15, -0.1) is 10.2 Å². The Morgan fingerprint density at radius 2 is 1.74 bits per heavy atom. The number of hydrogen-bond acceptors (Lipinski definition) is 7. The summed E-state index contributed by atoms with van der Waals surface area (Å²) in [6.07, 6.45) is 0.622. The van der Waals surface area contributed by atoms with Crippen LogP contribution < -0.4 is 9.88 Å². The van der Waals surface area contributed by atoms with Crippen molar-refractivity contribution in [2.75, 3.05) is 5.01 Å². The van der Waals surface area contributed by atoms with Gasteiger partial charge in [-0.05, 0) is 47.5 Å². The highest BCUT2D eigenvalue weighted by atomic mass is 35.5. The number of azo groups is 1. The molecule has 2 N–H and O–H groups in total. The van der Waals surface area contributed by atoms with Gasteiger partial charge in [0.1, 0.15) is 0 Å². The lowest BCUT2D eigenvalue weighted by molar-refractivity contribution is 0.0697. The van der Waals surface area contributed by atoms with E-state index in [1.807, 2.05) is 54.6 Å². The van der Waals surface area contributed by atoms with Crippen LogP contribution in [0.4, 0.5) is 16.5 Å². The lowest BCUT2D eigenvalue weighted by Gasteiger charge is -2.22. The molecule has 1 aliphatic rings. The van der Waals surface area contributed by atoms with Crippen LogP contribution in [-0.4, -0.2) is 21.8 Å². The van der Waals surface area contributed by atoms with E-state index in [9.17, 15) is 9.59 Å². The third-order valence-electron chi connectivity index (χ3n) is 5.48. The third-order valence-corrected chi connectivity index (χ3v) is 6.49. The fraction of sp³-hybridized carbons (Fsp3) is 0.0800. The zero-order valence-electron chi connectivity index (χ0n) is 18.1. The van der Waals surface area contributed by atoms with Crippen LogP contribution in [0.25, 0.3) is 0 Å². The molecule has 1 aromatic heterocycles. The number of rotatable bonds is 6. The quantitative estimate of drug-likeness (QED) is 0.290. The van der Waals surface area contributed by atoms with Crippen molar-refractivity contribution in [2.24, 2.45) is 15.3 Å². The van der Waals surface area contributed by atoms with E-state index < -0.39 is 5.97 Å². The molecule has 5 rings (SSSR count). The summed E-state index contributed by atoms with van der Waals surface area (Å²) in [5.41, 5.74) is 3.48. The maximum atomic E-state index is 12.3. The SMILES string of the molecule is O=C(O)c1ccc(N=Nc2sc(=O)[nH]c2N2N=C(c3ccccc3)CC2c2ccc(Cl)cc2)cc1. The van der Waals surface area contributed by atoms with Crippen molar-refractivity contribution in [3.05, 3.63) is 110 Å². The highest BCUT2D eigenvalue weighted by Gasteiger charge is 2.32. The van der Waals surface area contributed by atoms with Crippen molar-refractivity contribution in [1.82, 2.24) is 4.98 Å². The van der Waals surface area contributed by atoms with Gasteiger partial charge >= 0.3 is 10.8 Å². The van der Waals surface area contributed by atoms with E-state index in [-0.39, 0.29) is 16.5 Å². The average Bonchev–Trinajstić information content (AvgIpc) is 3.47. The van der Waals surface area contributed by atoms with Crippen LogP contribution in [0.3, 0.4) is 0 Å². The van der Waals surface area contributed by atoms with Crippen LogP contribution in [0.2, 0.25) is 5.02 Å². The van der Waals surface area contributed by atoms with Gasteiger partial charge in [0.25, 0.3) is 0 Å². The predicted molar refractivity (Wildman–Crippen MR) is 137 cm³/mol. The minimum atomic E-state index is -1.02. The molecule has 1 aliphatic heterocycles. The van der Waals surface area contributed by atoms with E-state index in [4.69, 9.17) is 21.8 Å². The molecule has 0 saturated heterocycles. The zero-order valence-corrected chi connectivity index (χ0v) is 19.7. The van der Waals surface area contributed by atoms with Gasteiger partial charge in [-0.2, -0.15) is 5.10 Å². The minimum absolute atomic E-state index is 0.154. The normalized spacial score (nSPS) is 15.5. The number of benzene rings is 3. The Morgan fingerprint density at radius 3 is 2.43 bits per heavy atom. The largest absolute Gasteiger partial charge is 0.478 e. The van der Waals surface area contributed by atoms with E-state index in [1.54, 1.807) is 17.1 Å². The number of halogens is 1. The van der Waals surface area contributed by atoms with Crippen molar-refractivity contribution in [3.63, 3.8) is 0 Å². The molecule has 3 aromatic carbocycles. The summed E-state index contributed by atoms with van der Waals surface area (Å²) in [6.45, 7) is 0. The summed E-state index contributed by atoms with van der Waals surface area (Å²) >= 11 is 7.03. The molecule has 4 aromatic rings. The zero-order chi connectivity index (χ0) is 24.4. The van der Waals surface area contributed by atoms with Gasteiger partial charge in [-0.1, -0.05) is 65.4 Å². The first-order valence-electron chi connectivity index (χ1n) is 10.6. The second kappa shape index (κ2) is 9.65. The number of aromatic nitrogens is 1. The van der Waals surface area contributed by atoms with Crippen molar-refractivity contribution in [1.29, 1.82) is 0 Å². The van der Waals surface area contributed by atoms with Crippen LogP contribution in [0, 0.1) is 0 Å². The van der Waals surface area contributed by atoms with E-state index in [1.165, 1.54) is 12.1 Å². The summed E-state index contributed by atoms with van der Waals surface area (Å²) < 4.78 is 0. The Morgan fingerprint density at radius 1 is 1.03 bits per heavy atom. The molecular weight excluding hydrogens is 486 g/mol. The molecule has 0 spiro atoms. The molecule has 1 unspecified atom stereocenters. The first kappa shape index (κ1) is 22.7. The van der Waals surface area contributed by atoms with E-state index in [0.29, 0.717) is 27.9 Å². The maximum Gasteiger partial charge on any atom is 0.335 e. The maximum absolute atomic E-state index is 12.3. The topological polar surface area (TPSA) is 110 Å². The number of thiazole rings is 1. The fourth-order valence-corrected chi connectivity index (χ4v) is 4.55. The van der Waals surface area contributed by atoms with Gasteiger partial charge in [0.05, 0.1) is 23.0 Å². The molecule has 2 heterocycles. The molecule has 10 heteroatoms. The lowest BCUT2D eigenvalue weighted by Crippen LogP contribution is -2.19. The number of hydrazone groups is 1. The first-order valence-corrected chi connectivity index (χ1v) is 11.8. The predicted octanol–water partition coefficient (Wildman–Crippen LogP) is 6.56. The molecule has 0 amide bonds. The Labute approximate surface area is 208 Å². The summed E-state index contributed by atoms with van der Waals surface area (Å²) in [7, 11) is 0. The molecule has 0 aliphatic carbocycles. The molecule has 0 radical (unpaired) electrons. The van der Waals surface area contributed by atoms with Gasteiger partial charge in [0, 0.05) is 11.4 Å². The second-order valence-electron chi connectivity index (χ2n) is 7.75. The summed E-state index contributed by atoms with van der Waals surface area (Å²) in [5.74, 6) is -0.578. The van der Waals surface area contributed by atoms with Crippen molar-refractivity contribution in [3.8, 4) is 0 Å². The molecule has 0 saturated carbocycles. The lowest BCUT2D eigenvalue weighted by atomic mass is 9.98. The van der Waals surface area contributed by atoms with Crippen LogP contribution in [0.15, 0.2) is 99.0 Å². The van der Waals surface area contributed by atoms with Gasteiger partial charge in [-0.25, -0.2) is 9.80 Å². The van der Waals surface area contributed by atoms with Crippen LogP contribution in [0.1, 0.15) is 33.9 Å². The summed E-state index contributed by atoms with van der Waals surface area (Å²) in [4.78, 5) is 26.0. The van der Waals surface area contributed by atoms with Gasteiger partial charge < -0.3 is 5.11 Å². The van der Waals surface area contributed by atoms with Crippen molar-refractivity contribution >= 4 is 51.1 Å². The molecule has 1 atom stereocenters. The van der Waals surface area contributed by atoms with Crippen LogP contribution in [0.5, 0.6) is 0 Å². The highest BCUT2D eigenvalue weighted by molar-refractivity contribution is 7.13. The number of nitrogens with zero attached hydrogens (tertiary/aromatic N) is 4. The fourth-order valence-electron chi connectivity index (χ4n) is 3.77. The average molecular weight is 504 g/mol. The Bertz CT molecular complexity index is 1480. The minimum Gasteiger partial charge on any atom is -0.478 e. The van der Waals surface area contributed by atoms with Gasteiger partial charge in [0.15, 0.2) is 10.8 Å². The third kappa shape index (κ3) is 4.91. The molecule has 0 bridgehead atoms. The van der Waals surface area contributed by atoms with Crippen molar-refractivity contribution in [2.45, 2.75) is 12.5 Å². The number of carboxylic acid groups (broad SMARTS) is 1. The first-order chi connectivity index (χ1) is 17.0. The van der Waals surface area contributed by atoms with Crippen LogP contribution in [-0.2, 0) is 0 Å². The van der Waals surface area contributed by atoms with E-state index >= 15 is 0 Å². The number of H-pyrrole nitrogens is 1. The summed E-state index contributed by atoms with van der Waals surface area (Å²) in [5, 5.41) is 25.2. The van der Waals surface area contributed by atoms with E-state index in [0.717, 1.165) is 28.2 Å². The molecular formula is C25H18ClN5O3S. The van der Waals surface area contributed by atoms with Crippen LogP contribution >= 0.6 is 22.9 Å². The number of anilines is 1. The van der Waals surface area contributed by atoms with E-state index in [2.05, 4.69) is 15.2 Å². The monoisotopic (exact) mass is 503 g/mol. The Balaban J connectivity index is 1.52. The summed E-state index contributed by atoms with van der Waals surface area (Å²) in [6, 6.07) is 23.2. The molecule has 0 fully saturated rings. The number of carboxylic acids is 1. The molecule has 35 heavy (non-hydrogen) atoms. The molecule has 174 valence electrons. The molecule has 8 nitrogen and oxygen atoms in total. The number of aromatic amines is 1. The van der Waals surface area contributed by atoms with Crippen molar-refractivity contribution < 1.29 is 9.90 Å². The Kier molecular flexibility index (Phi) is 6.26. The van der Waals surface area contributed by atoms with Gasteiger partial charge in [-0.3, -0.25) is 9.78 Å². The second-order valence-corrected chi connectivity index (χ2v) is 9.15. The Hall–Kier alpha value is -4.08. The smallest absolute Gasteiger partial charge is 0.335 e. The number of nitrogens with one attached hydrogen (secondary N) is 1. The highest BCUT2D eigenvalue weighted by Crippen LogP contribution is 2.41. The van der Waals surface area contributed by atoms with Gasteiger partial charge in [0.2, 0.25) is 0 Å². The number of aromatic carboxylic acids is 1. The number of hydrogen-bond donors (Lipinski definition) is 2.